The topological polar surface area (TPSA) is 67.4 Å². The molecule has 0 spiro atoms. The smallest absolute Gasteiger partial charge is 0.162 e. The van der Waals surface area contributed by atoms with Gasteiger partial charge in [-0.25, -0.2) is 4.98 Å². The first-order valence-electron chi connectivity index (χ1n) is 6.22. The van der Waals surface area contributed by atoms with Gasteiger partial charge in [0.15, 0.2) is 11.5 Å². The van der Waals surface area contributed by atoms with Crippen LogP contribution in [-0.2, 0) is 5.60 Å². The molecule has 0 aliphatic carbocycles. The molecule has 19 heavy (non-hydrogen) atoms. The molecule has 5 nitrogen and oxygen atoms in total. The second-order valence-corrected chi connectivity index (χ2v) is 5.06. The molecule has 100 valence electrons. The maximum Gasteiger partial charge on any atom is 0.162 e. The zero-order valence-electron chi connectivity index (χ0n) is 10.9. The Balaban J connectivity index is 1.96. The lowest BCUT2D eigenvalue weighted by Crippen LogP contribution is -2.17. The third kappa shape index (κ3) is 2.29. The predicted molar refractivity (Wildman–Crippen MR) is 70.3 cm³/mol. The van der Waals surface area contributed by atoms with Crippen molar-refractivity contribution in [3.05, 3.63) is 30.2 Å². The molecule has 2 N–H and O–H groups in total. The highest BCUT2D eigenvalue weighted by Gasteiger charge is 2.20. The number of rotatable bonds is 2. The SMILES string of the molecule is CC(C)(O)c1ncc(-c2ccc3c(c2)OCCO3)[nH]1. The van der Waals surface area contributed by atoms with Gasteiger partial charge in [-0.15, -0.1) is 0 Å². The largest absolute Gasteiger partial charge is 0.486 e. The van der Waals surface area contributed by atoms with Gasteiger partial charge in [-0.1, -0.05) is 0 Å². The molecule has 0 amide bonds. The van der Waals surface area contributed by atoms with Crippen molar-refractivity contribution in [2.45, 2.75) is 19.4 Å². The fraction of sp³-hybridized carbons (Fsp3) is 0.357. The van der Waals surface area contributed by atoms with Crippen LogP contribution in [0.5, 0.6) is 11.5 Å². The van der Waals surface area contributed by atoms with Gasteiger partial charge in [0, 0.05) is 5.56 Å². The maximum absolute atomic E-state index is 9.90. The molecule has 3 rings (SSSR count). The highest BCUT2D eigenvalue weighted by molar-refractivity contribution is 5.63. The highest BCUT2D eigenvalue weighted by atomic mass is 16.6. The molecule has 1 aliphatic heterocycles. The van der Waals surface area contributed by atoms with Crippen LogP contribution in [0.1, 0.15) is 19.7 Å². The van der Waals surface area contributed by atoms with Crippen LogP contribution in [0.3, 0.4) is 0 Å². The monoisotopic (exact) mass is 260 g/mol. The number of nitrogens with one attached hydrogen (secondary N) is 1. The third-order valence-corrected chi connectivity index (χ3v) is 3.01. The van der Waals surface area contributed by atoms with E-state index < -0.39 is 5.60 Å². The van der Waals surface area contributed by atoms with Crippen LogP contribution in [0.25, 0.3) is 11.3 Å². The predicted octanol–water partition coefficient (Wildman–Crippen LogP) is 2.08. The first kappa shape index (κ1) is 12.0. The second-order valence-electron chi connectivity index (χ2n) is 5.06. The number of imidazole rings is 1. The maximum atomic E-state index is 9.90. The van der Waals surface area contributed by atoms with Crippen molar-refractivity contribution in [1.82, 2.24) is 9.97 Å². The minimum atomic E-state index is -0.980. The molecule has 2 heterocycles. The van der Waals surface area contributed by atoms with Crippen molar-refractivity contribution >= 4 is 0 Å². The quantitative estimate of drug-likeness (QED) is 0.867. The van der Waals surface area contributed by atoms with Crippen LogP contribution in [0.4, 0.5) is 0 Å². The Labute approximate surface area is 111 Å². The van der Waals surface area contributed by atoms with Crippen LogP contribution < -0.4 is 9.47 Å². The van der Waals surface area contributed by atoms with Gasteiger partial charge in [-0.3, -0.25) is 0 Å². The number of ether oxygens (including phenoxy) is 2. The number of hydrogen-bond acceptors (Lipinski definition) is 4. The molecule has 0 radical (unpaired) electrons. The zero-order valence-corrected chi connectivity index (χ0v) is 10.9. The van der Waals surface area contributed by atoms with E-state index in [4.69, 9.17) is 9.47 Å². The standard InChI is InChI=1S/C14H16N2O3/c1-14(2,17)13-15-8-10(16-13)9-3-4-11-12(7-9)19-6-5-18-11/h3-4,7-8,17H,5-6H2,1-2H3,(H,15,16). The van der Waals surface area contributed by atoms with E-state index in [2.05, 4.69) is 9.97 Å². The van der Waals surface area contributed by atoms with Crippen LogP contribution in [0.15, 0.2) is 24.4 Å². The molecule has 0 saturated heterocycles. The van der Waals surface area contributed by atoms with Gasteiger partial charge in [-0.2, -0.15) is 0 Å². The van der Waals surface area contributed by atoms with Gasteiger partial charge >= 0.3 is 0 Å². The number of nitrogens with zero attached hydrogens (tertiary/aromatic N) is 1. The van der Waals surface area contributed by atoms with Gasteiger partial charge in [0.05, 0.1) is 11.9 Å². The lowest BCUT2D eigenvalue weighted by Gasteiger charge is -2.18. The Hall–Kier alpha value is -2.01. The summed E-state index contributed by atoms with van der Waals surface area (Å²) in [5.41, 5.74) is 0.813. The number of aromatic nitrogens is 2. The Bertz CT molecular complexity index is 599. The molecular weight excluding hydrogens is 244 g/mol. The molecule has 0 saturated carbocycles. The first-order chi connectivity index (χ1) is 9.04. The third-order valence-electron chi connectivity index (χ3n) is 3.01. The van der Waals surface area contributed by atoms with E-state index in [1.807, 2.05) is 18.2 Å². The molecule has 0 unspecified atom stereocenters. The Morgan fingerprint density at radius 3 is 2.63 bits per heavy atom. The van der Waals surface area contributed by atoms with E-state index in [0.717, 1.165) is 22.8 Å². The van der Waals surface area contributed by atoms with Crippen molar-refractivity contribution in [2.75, 3.05) is 13.2 Å². The van der Waals surface area contributed by atoms with E-state index >= 15 is 0 Å². The van der Waals surface area contributed by atoms with E-state index in [1.54, 1.807) is 20.0 Å². The number of hydrogen-bond donors (Lipinski definition) is 2. The van der Waals surface area contributed by atoms with Crippen molar-refractivity contribution in [3.63, 3.8) is 0 Å². The van der Waals surface area contributed by atoms with Crippen molar-refractivity contribution in [2.24, 2.45) is 0 Å². The van der Waals surface area contributed by atoms with Crippen LogP contribution in [0, 0.1) is 0 Å². The minimum Gasteiger partial charge on any atom is -0.486 e. The van der Waals surface area contributed by atoms with E-state index in [1.165, 1.54) is 0 Å². The van der Waals surface area contributed by atoms with E-state index in [9.17, 15) is 5.11 Å². The lowest BCUT2D eigenvalue weighted by atomic mass is 10.1. The molecule has 0 atom stereocenters. The van der Waals surface area contributed by atoms with Gasteiger partial charge in [-0.05, 0) is 32.0 Å². The molecule has 1 aromatic heterocycles. The van der Waals surface area contributed by atoms with Crippen LogP contribution in [-0.4, -0.2) is 28.3 Å². The summed E-state index contributed by atoms with van der Waals surface area (Å²) in [6, 6.07) is 5.74. The molecular formula is C14H16N2O3. The van der Waals surface area contributed by atoms with Crippen molar-refractivity contribution < 1.29 is 14.6 Å². The summed E-state index contributed by atoms with van der Waals surface area (Å²) in [6.45, 7) is 4.53. The summed E-state index contributed by atoms with van der Waals surface area (Å²) in [5.74, 6) is 2.04. The van der Waals surface area contributed by atoms with Crippen molar-refractivity contribution in [3.8, 4) is 22.8 Å². The average molecular weight is 260 g/mol. The molecule has 5 heteroatoms. The molecule has 2 aromatic rings. The normalized spacial score (nSPS) is 14.5. The van der Waals surface area contributed by atoms with Gasteiger partial charge in [0.2, 0.25) is 0 Å². The number of fused-ring (bicyclic) bond motifs is 1. The summed E-state index contributed by atoms with van der Waals surface area (Å²) < 4.78 is 11.0. The minimum absolute atomic E-state index is 0.539. The van der Waals surface area contributed by atoms with Gasteiger partial charge < -0.3 is 19.6 Å². The second kappa shape index (κ2) is 4.28. The Morgan fingerprint density at radius 2 is 1.95 bits per heavy atom. The fourth-order valence-electron chi connectivity index (χ4n) is 1.99. The molecule has 0 bridgehead atoms. The molecule has 1 aliphatic rings. The van der Waals surface area contributed by atoms with E-state index in [0.29, 0.717) is 19.0 Å². The zero-order chi connectivity index (χ0) is 13.5. The summed E-state index contributed by atoms with van der Waals surface area (Å²) in [4.78, 5) is 7.32. The Kier molecular flexibility index (Phi) is 2.71. The van der Waals surface area contributed by atoms with E-state index in [-0.39, 0.29) is 0 Å². The summed E-state index contributed by atoms with van der Waals surface area (Å²) >= 11 is 0. The molecule has 1 aromatic carbocycles. The summed E-state index contributed by atoms with van der Waals surface area (Å²) in [5, 5.41) is 9.90. The molecule has 0 fully saturated rings. The van der Waals surface area contributed by atoms with Gasteiger partial charge in [0.1, 0.15) is 24.6 Å². The Morgan fingerprint density at radius 1 is 1.21 bits per heavy atom. The highest BCUT2D eigenvalue weighted by Crippen LogP contribution is 2.34. The fourth-order valence-corrected chi connectivity index (χ4v) is 1.99. The summed E-state index contributed by atoms with van der Waals surface area (Å²) in [7, 11) is 0. The number of H-pyrrole nitrogens is 1. The van der Waals surface area contributed by atoms with Gasteiger partial charge in [0.25, 0.3) is 0 Å². The average Bonchev–Trinajstić information content (AvgIpc) is 2.87. The number of benzene rings is 1. The summed E-state index contributed by atoms with van der Waals surface area (Å²) in [6.07, 6.45) is 1.71. The number of aromatic amines is 1. The lowest BCUT2D eigenvalue weighted by molar-refractivity contribution is 0.0697. The first-order valence-corrected chi connectivity index (χ1v) is 6.22. The van der Waals surface area contributed by atoms with Crippen LogP contribution in [0.2, 0.25) is 0 Å². The van der Waals surface area contributed by atoms with Crippen LogP contribution >= 0.6 is 0 Å². The van der Waals surface area contributed by atoms with Crippen molar-refractivity contribution in [1.29, 1.82) is 0 Å². The number of aliphatic hydroxyl groups is 1.